The van der Waals surface area contributed by atoms with Crippen LogP contribution >= 0.6 is 0 Å². The first-order chi connectivity index (χ1) is 12.0. The Hall–Kier alpha value is -3.29. The first-order valence-electron chi connectivity index (χ1n) is 7.53. The van der Waals surface area contributed by atoms with Crippen LogP contribution in [-0.4, -0.2) is 25.2 Å². The third-order valence-electron chi connectivity index (χ3n) is 3.79. The molecule has 1 atom stereocenters. The maximum atomic E-state index is 13.2. The third-order valence-corrected chi connectivity index (χ3v) is 3.79. The van der Waals surface area contributed by atoms with Crippen LogP contribution in [-0.2, 0) is 14.1 Å². The Labute approximate surface area is 142 Å². The van der Waals surface area contributed by atoms with Crippen LogP contribution in [0.3, 0.4) is 0 Å². The molecule has 2 aromatic heterocycles. The zero-order valence-corrected chi connectivity index (χ0v) is 13.7. The van der Waals surface area contributed by atoms with E-state index in [2.05, 4.69) is 15.4 Å². The van der Waals surface area contributed by atoms with Crippen molar-refractivity contribution < 1.29 is 9.18 Å². The lowest BCUT2D eigenvalue weighted by atomic mass is 10.1. The summed E-state index contributed by atoms with van der Waals surface area (Å²) in [5.41, 5.74) is 0.466. The predicted molar refractivity (Wildman–Crippen MR) is 88.4 cm³/mol. The monoisotopic (exact) mass is 341 g/mol. The molecule has 3 aromatic rings. The second-order valence-corrected chi connectivity index (χ2v) is 5.53. The van der Waals surface area contributed by atoms with Crippen molar-refractivity contribution in [3.05, 3.63) is 82.0 Å². The summed E-state index contributed by atoms with van der Waals surface area (Å²) >= 11 is 0. The third kappa shape index (κ3) is 3.47. The minimum atomic E-state index is -0.591. The molecule has 128 valence electrons. The molecule has 0 radical (unpaired) electrons. The summed E-state index contributed by atoms with van der Waals surface area (Å²) in [6, 6.07) is 7.86. The first kappa shape index (κ1) is 16.6. The molecule has 3 rings (SSSR count). The Morgan fingerprint density at radius 1 is 1.16 bits per heavy atom. The van der Waals surface area contributed by atoms with Gasteiger partial charge in [-0.05, 0) is 23.8 Å². The topological polar surface area (TPSA) is 81.8 Å². The van der Waals surface area contributed by atoms with Crippen LogP contribution in [0.5, 0.6) is 0 Å². The average molecular weight is 341 g/mol. The molecule has 0 bridgehead atoms. The van der Waals surface area contributed by atoms with Crippen LogP contribution in [0, 0.1) is 5.82 Å². The van der Waals surface area contributed by atoms with E-state index in [9.17, 15) is 14.0 Å². The molecule has 7 nitrogen and oxygen atoms in total. The van der Waals surface area contributed by atoms with E-state index in [1.54, 1.807) is 36.1 Å². The highest BCUT2D eigenvalue weighted by Gasteiger charge is 2.22. The quantitative estimate of drug-likeness (QED) is 0.772. The van der Waals surface area contributed by atoms with Crippen molar-refractivity contribution in [3.63, 3.8) is 0 Å². The number of aryl methyl sites for hydroxylation is 2. The Balaban J connectivity index is 1.96. The number of carbonyl (C=O) groups excluding carboxylic acids is 1. The molecule has 0 saturated heterocycles. The van der Waals surface area contributed by atoms with Crippen molar-refractivity contribution in [2.45, 2.75) is 6.04 Å². The maximum Gasteiger partial charge on any atom is 0.272 e. The molecule has 0 unspecified atom stereocenters. The number of hydrogen-bond acceptors (Lipinski definition) is 4. The zero-order chi connectivity index (χ0) is 18.0. The first-order valence-corrected chi connectivity index (χ1v) is 7.53. The van der Waals surface area contributed by atoms with E-state index in [0.29, 0.717) is 11.4 Å². The van der Waals surface area contributed by atoms with Gasteiger partial charge in [-0.2, -0.15) is 5.10 Å². The molecule has 0 aliphatic carbocycles. The number of halogens is 1. The van der Waals surface area contributed by atoms with Crippen LogP contribution in [0.4, 0.5) is 4.39 Å². The zero-order valence-electron chi connectivity index (χ0n) is 13.7. The molecule has 2 heterocycles. The Morgan fingerprint density at radius 2 is 1.88 bits per heavy atom. The van der Waals surface area contributed by atoms with E-state index in [1.165, 1.54) is 31.3 Å². The van der Waals surface area contributed by atoms with Gasteiger partial charge in [0.1, 0.15) is 23.4 Å². The van der Waals surface area contributed by atoms with E-state index >= 15 is 0 Å². The lowest BCUT2D eigenvalue weighted by Gasteiger charge is -2.19. The minimum absolute atomic E-state index is 0.100. The fraction of sp³-hybridized carbons (Fsp3) is 0.176. The van der Waals surface area contributed by atoms with Crippen LogP contribution in [0.25, 0.3) is 0 Å². The predicted octanol–water partition coefficient (Wildman–Crippen LogP) is 1.17. The van der Waals surface area contributed by atoms with Crippen molar-refractivity contribution in [1.29, 1.82) is 0 Å². The fourth-order valence-corrected chi connectivity index (χ4v) is 2.44. The standard InChI is InChI=1S/C17H16FN5O2/c1-22-10-9-19-16(22)15(11-3-5-12(18)6-4-11)20-17(25)13-7-8-14(24)23(2)21-13/h3-10,15H,1-2H3,(H,20,25)/t15-/m1/s1. The SMILES string of the molecule is Cn1ccnc1[C@H](NC(=O)c1ccc(=O)n(C)n1)c1ccc(F)cc1. The molecule has 25 heavy (non-hydrogen) atoms. The average Bonchev–Trinajstić information content (AvgIpc) is 3.01. The lowest BCUT2D eigenvalue weighted by Crippen LogP contribution is -2.33. The normalized spacial score (nSPS) is 12.0. The number of hydrogen-bond donors (Lipinski definition) is 1. The molecule has 0 spiro atoms. The number of benzene rings is 1. The summed E-state index contributed by atoms with van der Waals surface area (Å²) < 4.78 is 16.1. The molecule has 0 aliphatic heterocycles. The summed E-state index contributed by atoms with van der Waals surface area (Å²) in [6.07, 6.45) is 3.37. The summed E-state index contributed by atoms with van der Waals surface area (Å²) in [4.78, 5) is 28.3. The number of rotatable bonds is 4. The largest absolute Gasteiger partial charge is 0.337 e. The number of carbonyl (C=O) groups is 1. The smallest absolute Gasteiger partial charge is 0.272 e. The second kappa shape index (κ2) is 6.68. The van der Waals surface area contributed by atoms with Crippen molar-refractivity contribution in [2.75, 3.05) is 0 Å². The lowest BCUT2D eigenvalue weighted by molar-refractivity contribution is 0.0933. The van der Waals surface area contributed by atoms with Gasteiger partial charge in [0.15, 0.2) is 0 Å². The maximum absolute atomic E-state index is 13.2. The van der Waals surface area contributed by atoms with Gasteiger partial charge in [0.2, 0.25) is 0 Å². The molecule has 0 saturated carbocycles. The summed E-state index contributed by atoms with van der Waals surface area (Å²) in [5, 5.41) is 6.78. The second-order valence-electron chi connectivity index (χ2n) is 5.53. The van der Waals surface area contributed by atoms with Crippen LogP contribution < -0.4 is 10.9 Å². The van der Waals surface area contributed by atoms with Gasteiger partial charge >= 0.3 is 0 Å². The van der Waals surface area contributed by atoms with Gasteiger partial charge in [-0.1, -0.05) is 12.1 Å². The number of amides is 1. The molecule has 1 N–H and O–H groups in total. The highest BCUT2D eigenvalue weighted by Crippen LogP contribution is 2.21. The van der Waals surface area contributed by atoms with Gasteiger partial charge in [-0.3, -0.25) is 9.59 Å². The molecule has 1 amide bonds. The van der Waals surface area contributed by atoms with E-state index in [-0.39, 0.29) is 17.1 Å². The van der Waals surface area contributed by atoms with Crippen molar-refractivity contribution >= 4 is 5.91 Å². The minimum Gasteiger partial charge on any atom is -0.337 e. The highest BCUT2D eigenvalue weighted by molar-refractivity contribution is 5.92. The van der Waals surface area contributed by atoms with Gasteiger partial charge in [-0.25, -0.2) is 14.1 Å². The van der Waals surface area contributed by atoms with Gasteiger partial charge in [0.05, 0.1) is 0 Å². The Kier molecular flexibility index (Phi) is 4.42. The number of aromatic nitrogens is 4. The van der Waals surface area contributed by atoms with Crippen LogP contribution in [0.2, 0.25) is 0 Å². The fourth-order valence-electron chi connectivity index (χ4n) is 2.44. The number of imidazole rings is 1. The van der Waals surface area contributed by atoms with Gasteiger partial charge in [0, 0.05) is 32.6 Å². The van der Waals surface area contributed by atoms with Crippen molar-refractivity contribution in [1.82, 2.24) is 24.6 Å². The van der Waals surface area contributed by atoms with E-state index in [4.69, 9.17) is 0 Å². The summed E-state index contributed by atoms with van der Waals surface area (Å²) in [7, 11) is 3.27. The van der Waals surface area contributed by atoms with E-state index < -0.39 is 11.9 Å². The van der Waals surface area contributed by atoms with Crippen molar-refractivity contribution in [3.8, 4) is 0 Å². The molecular weight excluding hydrogens is 325 g/mol. The van der Waals surface area contributed by atoms with Crippen LogP contribution in [0.1, 0.15) is 27.9 Å². The van der Waals surface area contributed by atoms with E-state index in [1.807, 2.05) is 0 Å². The molecule has 1 aromatic carbocycles. The molecule has 0 aliphatic rings. The van der Waals surface area contributed by atoms with Crippen LogP contribution in [0.15, 0.2) is 53.6 Å². The summed E-state index contributed by atoms with van der Waals surface area (Å²) in [5.74, 6) is -0.244. The van der Waals surface area contributed by atoms with Gasteiger partial charge in [-0.15, -0.1) is 0 Å². The number of nitrogens with one attached hydrogen (secondary N) is 1. The number of nitrogens with zero attached hydrogens (tertiary/aromatic N) is 4. The van der Waals surface area contributed by atoms with Gasteiger partial charge in [0.25, 0.3) is 11.5 Å². The Morgan fingerprint density at radius 3 is 2.48 bits per heavy atom. The highest BCUT2D eigenvalue weighted by atomic mass is 19.1. The van der Waals surface area contributed by atoms with E-state index in [0.717, 1.165) is 4.68 Å². The van der Waals surface area contributed by atoms with Gasteiger partial charge < -0.3 is 9.88 Å². The molecular formula is C17H16FN5O2. The van der Waals surface area contributed by atoms with Crippen molar-refractivity contribution in [2.24, 2.45) is 14.1 Å². The molecule has 0 fully saturated rings. The summed E-state index contributed by atoms with van der Waals surface area (Å²) in [6.45, 7) is 0. The Bertz CT molecular complexity index is 962. The molecule has 8 heteroatoms.